The molecule has 3 nitrogen and oxygen atoms in total. The van der Waals surface area contributed by atoms with Crippen molar-refractivity contribution in [2.24, 2.45) is 34.5 Å². The second kappa shape index (κ2) is 5.11. The monoisotopic (exact) mass is 346 g/mol. The third kappa shape index (κ3) is 2.21. The number of fused-ring (bicyclic) bond motifs is 8. The molecule has 0 amide bonds. The van der Waals surface area contributed by atoms with Gasteiger partial charge in [0, 0.05) is 0 Å². The van der Waals surface area contributed by atoms with Crippen LogP contribution in [0.3, 0.4) is 0 Å². The smallest absolute Gasteiger partial charge is 0.163 e. The van der Waals surface area contributed by atoms with Crippen LogP contribution in [0, 0.1) is 34.5 Å². The van der Waals surface area contributed by atoms with Gasteiger partial charge < -0.3 is 14.6 Å². The maximum atomic E-state index is 10.4. The molecular formula is C22H34O3. The third-order valence-corrected chi connectivity index (χ3v) is 8.83. The largest absolute Gasteiger partial charge is 0.393 e. The van der Waals surface area contributed by atoms with Gasteiger partial charge in [0.1, 0.15) is 0 Å². The summed E-state index contributed by atoms with van der Waals surface area (Å²) >= 11 is 0. The van der Waals surface area contributed by atoms with Crippen LogP contribution < -0.4 is 0 Å². The van der Waals surface area contributed by atoms with Crippen LogP contribution in [0.5, 0.6) is 0 Å². The van der Waals surface area contributed by atoms with E-state index in [1.54, 1.807) is 0 Å². The SMILES string of the molecule is CC1(C)O[C@H]2[C@H](O1)[C@H]1C[C@@H](O)CC[C@]1(C)[C@H]1CC[C@]3(C)C=CC[C@H]3[C@H]21. The zero-order valence-electron chi connectivity index (χ0n) is 16.2. The van der Waals surface area contributed by atoms with Crippen molar-refractivity contribution in [1.82, 2.24) is 0 Å². The highest BCUT2D eigenvalue weighted by atomic mass is 16.8. The number of hydrogen-bond acceptors (Lipinski definition) is 3. The number of allylic oxidation sites excluding steroid dienone is 2. The van der Waals surface area contributed by atoms with Crippen LogP contribution in [0.15, 0.2) is 12.2 Å². The number of aliphatic hydroxyl groups excluding tert-OH is 1. The molecule has 9 atom stereocenters. The molecule has 0 spiro atoms. The molecule has 0 bridgehead atoms. The van der Waals surface area contributed by atoms with Crippen molar-refractivity contribution in [1.29, 1.82) is 0 Å². The lowest BCUT2D eigenvalue weighted by atomic mass is 9.44. The van der Waals surface area contributed by atoms with Gasteiger partial charge in [0.2, 0.25) is 0 Å². The Hall–Kier alpha value is -0.380. The molecule has 1 N–H and O–H groups in total. The molecule has 3 saturated carbocycles. The first-order valence-corrected chi connectivity index (χ1v) is 10.4. The topological polar surface area (TPSA) is 38.7 Å². The van der Waals surface area contributed by atoms with Crippen molar-refractivity contribution in [3.63, 3.8) is 0 Å². The lowest BCUT2D eigenvalue weighted by molar-refractivity contribution is -0.182. The van der Waals surface area contributed by atoms with Crippen LogP contribution in [0.25, 0.3) is 0 Å². The highest BCUT2D eigenvalue weighted by Gasteiger charge is 2.66. The van der Waals surface area contributed by atoms with E-state index < -0.39 is 5.79 Å². The molecule has 1 heterocycles. The summed E-state index contributed by atoms with van der Waals surface area (Å²) in [5.41, 5.74) is 0.637. The first kappa shape index (κ1) is 16.8. The van der Waals surface area contributed by atoms with Gasteiger partial charge in [-0.05, 0) is 86.9 Å². The molecule has 3 heteroatoms. The summed E-state index contributed by atoms with van der Waals surface area (Å²) < 4.78 is 13.1. The Morgan fingerprint density at radius 2 is 1.68 bits per heavy atom. The lowest BCUT2D eigenvalue weighted by Gasteiger charge is -2.62. The van der Waals surface area contributed by atoms with E-state index in [-0.39, 0.29) is 18.3 Å². The van der Waals surface area contributed by atoms with Gasteiger partial charge in [-0.1, -0.05) is 26.0 Å². The van der Waals surface area contributed by atoms with E-state index in [1.807, 2.05) is 0 Å². The highest BCUT2D eigenvalue weighted by Crippen LogP contribution is 2.67. The molecule has 5 aliphatic rings. The maximum Gasteiger partial charge on any atom is 0.163 e. The Balaban J connectivity index is 1.59. The minimum Gasteiger partial charge on any atom is -0.393 e. The predicted octanol–water partition coefficient (Wildman–Crippen LogP) is 4.30. The average molecular weight is 347 g/mol. The van der Waals surface area contributed by atoms with Crippen LogP contribution in [-0.4, -0.2) is 29.2 Å². The molecule has 25 heavy (non-hydrogen) atoms. The molecule has 0 radical (unpaired) electrons. The predicted molar refractivity (Wildman–Crippen MR) is 96.8 cm³/mol. The Morgan fingerprint density at radius 1 is 0.920 bits per heavy atom. The highest BCUT2D eigenvalue weighted by molar-refractivity contribution is 5.20. The Bertz CT molecular complexity index is 598. The van der Waals surface area contributed by atoms with Crippen LogP contribution in [0.4, 0.5) is 0 Å². The summed E-state index contributed by atoms with van der Waals surface area (Å²) in [5, 5.41) is 10.4. The Labute approximate surface area is 152 Å². The van der Waals surface area contributed by atoms with E-state index in [2.05, 4.69) is 39.8 Å². The fraction of sp³-hybridized carbons (Fsp3) is 0.909. The normalized spacial score (nSPS) is 59.0. The zero-order valence-corrected chi connectivity index (χ0v) is 16.2. The van der Waals surface area contributed by atoms with E-state index in [4.69, 9.17) is 9.47 Å². The van der Waals surface area contributed by atoms with Gasteiger partial charge in [-0.2, -0.15) is 0 Å². The minimum absolute atomic E-state index is 0.152. The fourth-order valence-corrected chi connectivity index (χ4v) is 7.65. The zero-order chi connectivity index (χ0) is 17.6. The molecule has 140 valence electrons. The number of ether oxygens (including phenoxy) is 2. The van der Waals surface area contributed by atoms with Gasteiger partial charge in [0.25, 0.3) is 0 Å². The van der Waals surface area contributed by atoms with Crippen molar-refractivity contribution in [2.75, 3.05) is 0 Å². The van der Waals surface area contributed by atoms with Crippen LogP contribution in [0.1, 0.15) is 66.2 Å². The molecule has 0 aromatic heterocycles. The van der Waals surface area contributed by atoms with Gasteiger partial charge in [0.15, 0.2) is 5.79 Å². The number of rotatable bonds is 0. The minimum atomic E-state index is -0.493. The Morgan fingerprint density at radius 3 is 2.48 bits per heavy atom. The second-order valence-electron chi connectivity index (χ2n) is 10.6. The van der Waals surface area contributed by atoms with Crippen molar-refractivity contribution in [3.05, 3.63) is 12.2 Å². The molecule has 4 aliphatic carbocycles. The molecule has 0 aromatic carbocycles. The first-order chi connectivity index (χ1) is 11.7. The Kier molecular flexibility index (Phi) is 3.43. The summed E-state index contributed by atoms with van der Waals surface area (Å²) in [6, 6.07) is 0. The van der Waals surface area contributed by atoms with Crippen molar-refractivity contribution in [3.8, 4) is 0 Å². The van der Waals surface area contributed by atoms with Gasteiger partial charge in [-0.3, -0.25) is 0 Å². The van der Waals surface area contributed by atoms with E-state index in [0.717, 1.165) is 19.3 Å². The quantitative estimate of drug-likeness (QED) is 0.665. The molecule has 0 unspecified atom stereocenters. The molecule has 0 aromatic rings. The fourth-order valence-electron chi connectivity index (χ4n) is 7.65. The standard InChI is InChI=1S/C22H34O3/c1-20(2)24-18-16-12-13(23)7-11-22(16,4)15-8-10-21(3)9-5-6-14(21)17(15)19(18)25-20/h5,9,13-19,23H,6-8,10-12H2,1-4H3/t13-,14-,15-,16+,17-,18+,19+,21-,22+/m0/s1. The summed E-state index contributed by atoms with van der Waals surface area (Å²) in [6.45, 7) is 9.13. The molecule has 4 fully saturated rings. The summed E-state index contributed by atoms with van der Waals surface area (Å²) in [4.78, 5) is 0. The van der Waals surface area contributed by atoms with Crippen molar-refractivity contribution >= 4 is 0 Å². The third-order valence-electron chi connectivity index (χ3n) is 8.83. The lowest BCUT2D eigenvalue weighted by Crippen LogP contribution is -2.63. The maximum absolute atomic E-state index is 10.4. The van der Waals surface area contributed by atoms with Crippen LogP contribution in [0.2, 0.25) is 0 Å². The second-order valence-corrected chi connectivity index (χ2v) is 10.6. The summed E-state index contributed by atoms with van der Waals surface area (Å²) in [5.74, 6) is 1.94. The van der Waals surface area contributed by atoms with Gasteiger partial charge in [0.05, 0.1) is 18.3 Å². The van der Waals surface area contributed by atoms with Crippen molar-refractivity contribution in [2.45, 2.75) is 90.3 Å². The van der Waals surface area contributed by atoms with Gasteiger partial charge >= 0.3 is 0 Å². The van der Waals surface area contributed by atoms with E-state index >= 15 is 0 Å². The van der Waals surface area contributed by atoms with Gasteiger partial charge in [-0.25, -0.2) is 0 Å². The first-order valence-electron chi connectivity index (χ1n) is 10.4. The van der Waals surface area contributed by atoms with Crippen LogP contribution >= 0.6 is 0 Å². The molecule has 1 saturated heterocycles. The number of hydrogen-bond donors (Lipinski definition) is 1. The van der Waals surface area contributed by atoms with E-state index in [0.29, 0.717) is 34.5 Å². The molecular weight excluding hydrogens is 312 g/mol. The number of aliphatic hydroxyl groups is 1. The van der Waals surface area contributed by atoms with Gasteiger partial charge in [-0.15, -0.1) is 0 Å². The van der Waals surface area contributed by atoms with Crippen molar-refractivity contribution < 1.29 is 14.6 Å². The van der Waals surface area contributed by atoms with Crippen LogP contribution in [-0.2, 0) is 9.47 Å². The average Bonchev–Trinajstić information content (AvgIpc) is 3.07. The molecule has 1 aliphatic heterocycles. The molecule has 5 rings (SSSR count). The van der Waals surface area contributed by atoms with E-state index in [9.17, 15) is 5.11 Å². The summed E-state index contributed by atoms with van der Waals surface area (Å²) in [7, 11) is 0. The van der Waals surface area contributed by atoms with E-state index in [1.165, 1.54) is 19.3 Å². The summed E-state index contributed by atoms with van der Waals surface area (Å²) in [6.07, 6.45) is 11.9.